The molecule has 1 aromatic rings. The highest BCUT2D eigenvalue weighted by Crippen LogP contribution is 2.66. The van der Waals surface area contributed by atoms with Crippen LogP contribution in [0, 0.1) is 17.3 Å². The normalized spacial score (nSPS) is 30.0. The van der Waals surface area contributed by atoms with Gasteiger partial charge in [-0.1, -0.05) is 31.9 Å². The predicted molar refractivity (Wildman–Crippen MR) is 90.1 cm³/mol. The largest absolute Gasteiger partial charge is 0.378 e. The maximum absolute atomic E-state index is 12.3. The third kappa shape index (κ3) is 2.74. The Morgan fingerprint density at radius 3 is 2.64 bits per heavy atom. The van der Waals surface area contributed by atoms with E-state index >= 15 is 0 Å². The summed E-state index contributed by atoms with van der Waals surface area (Å²) in [7, 11) is 4.03. The molecule has 22 heavy (non-hydrogen) atoms. The van der Waals surface area contributed by atoms with Crippen molar-refractivity contribution in [1.82, 2.24) is 5.43 Å². The average Bonchev–Trinajstić information content (AvgIpc) is 3.13. The van der Waals surface area contributed by atoms with Gasteiger partial charge in [0.05, 0.1) is 6.21 Å². The number of benzene rings is 1. The van der Waals surface area contributed by atoms with Gasteiger partial charge >= 0.3 is 0 Å². The summed E-state index contributed by atoms with van der Waals surface area (Å²) in [5.74, 6) is 0.842. The molecule has 2 aliphatic carbocycles. The highest BCUT2D eigenvalue weighted by Gasteiger charge is 2.64. The molecule has 0 aliphatic heterocycles. The van der Waals surface area contributed by atoms with Gasteiger partial charge in [-0.05, 0) is 41.9 Å². The van der Waals surface area contributed by atoms with Crippen molar-refractivity contribution >= 4 is 17.8 Å². The number of nitrogens with one attached hydrogen (secondary N) is 1. The molecule has 0 saturated heterocycles. The molecule has 4 nitrogen and oxygen atoms in total. The lowest BCUT2D eigenvalue weighted by molar-refractivity contribution is -0.123. The van der Waals surface area contributed by atoms with Crippen LogP contribution in [0.25, 0.3) is 0 Å². The first-order valence-electron chi connectivity index (χ1n) is 8.13. The van der Waals surface area contributed by atoms with Crippen LogP contribution in [0.2, 0.25) is 0 Å². The first-order valence-corrected chi connectivity index (χ1v) is 8.13. The number of fused-ring (bicyclic) bond motifs is 1. The molecule has 0 heterocycles. The van der Waals surface area contributed by atoms with E-state index in [0.717, 1.165) is 11.3 Å². The van der Waals surface area contributed by atoms with E-state index in [-0.39, 0.29) is 17.2 Å². The van der Waals surface area contributed by atoms with Crippen LogP contribution in [-0.4, -0.2) is 26.2 Å². The second kappa shape index (κ2) is 5.75. The lowest BCUT2D eigenvalue weighted by Gasteiger charge is -2.15. The van der Waals surface area contributed by atoms with Crippen molar-refractivity contribution in [3.8, 4) is 0 Å². The van der Waals surface area contributed by atoms with Crippen molar-refractivity contribution in [2.24, 2.45) is 22.4 Å². The number of carbonyl (C=O) groups is 1. The van der Waals surface area contributed by atoms with Gasteiger partial charge in [0.2, 0.25) is 5.91 Å². The zero-order chi connectivity index (χ0) is 15.7. The number of hydrogen-bond donors (Lipinski definition) is 1. The van der Waals surface area contributed by atoms with Crippen LogP contribution in [-0.2, 0) is 4.79 Å². The highest BCUT2D eigenvalue weighted by molar-refractivity contribution is 5.86. The summed E-state index contributed by atoms with van der Waals surface area (Å²) >= 11 is 0. The molecule has 0 aromatic heterocycles. The number of hydrogen-bond acceptors (Lipinski definition) is 3. The molecule has 3 rings (SSSR count). The van der Waals surface area contributed by atoms with Gasteiger partial charge in [0, 0.05) is 25.7 Å². The number of carbonyl (C=O) groups excluding carboxylic acids is 1. The van der Waals surface area contributed by atoms with Gasteiger partial charge in [-0.3, -0.25) is 4.79 Å². The monoisotopic (exact) mass is 299 g/mol. The van der Waals surface area contributed by atoms with Gasteiger partial charge < -0.3 is 4.90 Å². The van der Waals surface area contributed by atoms with Crippen molar-refractivity contribution in [1.29, 1.82) is 0 Å². The first kappa shape index (κ1) is 15.1. The van der Waals surface area contributed by atoms with E-state index in [9.17, 15) is 4.79 Å². The smallest absolute Gasteiger partial charge is 0.244 e. The fourth-order valence-corrected chi connectivity index (χ4v) is 3.95. The molecule has 4 heteroatoms. The summed E-state index contributed by atoms with van der Waals surface area (Å²) in [5, 5.41) is 4.13. The Morgan fingerprint density at radius 2 is 2.05 bits per heavy atom. The quantitative estimate of drug-likeness (QED) is 0.686. The van der Waals surface area contributed by atoms with Crippen molar-refractivity contribution < 1.29 is 4.79 Å². The Bertz CT molecular complexity index is 578. The summed E-state index contributed by atoms with van der Waals surface area (Å²) in [6, 6.07) is 8.09. The van der Waals surface area contributed by atoms with Crippen molar-refractivity contribution in [2.75, 3.05) is 19.0 Å². The molecule has 0 spiro atoms. The van der Waals surface area contributed by atoms with Crippen LogP contribution in [0.3, 0.4) is 0 Å². The standard InChI is InChI=1S/C18H25N3O/c1-18-11-5-4-6-15(18)16(18)17(22)20-19-12-13-7-9-14(10-8-13)21(2)3/h7-10,12,15-16H,4-6,11H2,1-3H3,(H,20,22)/b19-12-/t15-,16-,18-/m1/s1. The van der Waals surface area contributed by atoms with Crippen LogP contribution in [0.5, 0.6) is 0 Å². The van der Waals surface area contributed by atoms with E-state index in [0.29, 0.717) is 5.92 Å². The molecule has 1 amide bonds. The molecular weight excluding hydrogens is 274 g/mol. The molecule has 0 radical (unpaired) electrons. The van der Waals surface area contributed by atoms with Gasteiger partial charge in [0.15, 0.2) is 0 Å². The molecule has 1 aromatic carbocycles. The minimum atomic E-state index is 0.0931. The second-order valence-corrected chi connectivity index (χ2v) is 7.06. The molecule has 1 N–H and O–H groups in total. The number of anilines is 1. The van der Waals surface area contributed by atoms with Gasteiger partial charge in [-0.25, -0.2) is 5.43 Å². The average molecular weight is 299 g/mol. The van der Waals surface area contributed by atoms with E-state index in [2.05, 4.69) is 22.4 Å². The number of amides is 1. The molecule has 3 atom stereocenters. The van der Waals surface area contributed by atoms with E-state index < -0.39 is 0 Å². The van der Waals surface area contributed by atoms with E-state index in [4.69, 9.17) is 0 Å². The Morgan fingerprint density at radius 1 is 1.32 bits per heavy atom. The van der Waals surface area contributed by atoms with Crippen LogP contribution in [0.15, 0.2) is 29.4 Å². The Kier molecular flexibility index (Phi) is 3.94. The summed E-state index contributed by atoms with van der Waals surface area (Å²) < 4.78 is 0. The molecular formula is C18H25N3O. The maximum Gasteiger partial charge on any atom is 0.244 e. The minimum Gasteiger partial charge on any atom is -0.378 e. The topological polar surface area (TPSA) is 44.7 Å². The fourth-order valence-electron chi connectivity index (χ4n) is 3.95. The SMILES string of the molecule is CN(C)c1ccc(/C=N\NC(=O)[C@H]2[C@H]3CCCC[C@]32C)cc1. The number of nitrogens with zero attached hydrogens (tertiary/aromatic N) is 2. The van der Waals surface area contributed by atoms with Gasteiger partial charge in [-0.2, -0.15) is 5.10 Å². The molecule has 0 unspecified atom stereocenters. The Balaban J connectivity index is 1.55. The van der Waals surface area contributed by atoms with Gasteiger partial charge in [0.1, 0.15) is 0 Å². The second-order valence-electron chi connectivity index (χ2n) is 7.06. The maximum atomic E-state index is 12.3. The molecule has 2 saturated carbocycles. The number of rotatable bonds is 4. The van der Waals surface area contributed by atoms with Crippen LogP contribution >= 0.6 is 0 Å². The summed E-state index contributed by atoms with van der Waals surface area (Å²) in [5.41, 5.74) is 5.11. The van der Waals surface area contributed by atoms with Crippen molar-refractivity contribution in [3.63, 3.8) is 0 Å². The molecule has 2 fully saturated rings. The van der Waals surface area contributed by atoms with Crippen LogP contribution in [0.4, 0.5) is 5.69 Å². The van der Waals surface area contributed by atoms with E-state index in [1.54, 1.807) is 6.21 Å². The molecule has 2 aliphatic rings. The summed E-state index contributed by atoms with van der Waals surface area (Å²) in [6.45, 7) is 2.25. The third-order valence-corrected chi connectivity index (χ3v) is 5.41. The van der Waals surface area contributed by atoms with E-state index in [1.807, 2.05) is 38.4 Å². The van der Waals surface area contributed by atoms with Crippen LogP contribution < -0.4 is 10.3 Å². The molecule has 118 valence electrons. The zero-order valence-electron chi connectivity index (χ0n) is 13.7. The minimum absolute atomic E-state index is 0.0931. The van der Waals surface area contributed by atoms with E-state index in [1.165, 1.54) is 25.7 Å². The Hall–Kier alpha value is -1.84. The third-order valence-electron chi connectivity index (χ3n) is 5.41. The highest BCUT2D eigenvalue weighted by atomic mass is 16.2. The first-order chi connectivity index (χ1) is 10.5. The number of hydrazone groups is 1. The molecule has 0 bridgehead atoms. The van der Waals surface area contributed by atoms with Crippen molar-refractivity contribution in [3.05, 3.63) is 29.8 Å². The lowest BCUT2D eigenvalue weighted by atomic mass is 9.90. The van der Waals surface area contributed by atoms with Crippen LogP contribution in [0.1, 0.15) is 38.2 Å². The predicted octanol–water partition coefficient (Wildman–Crippen LogP) is 3.03. The van der Waals surface area contributed by atoms with Gasteiger partial charge in [-0.15, -0.1) is 0 Å². The Labute approximate surface area is 132 Å². The zero-order valence-corrected chi connectivity index (χ0v) is 13.7. The summed E-state index contributed by atoms with van der Waals surface area (Å²) in [6.07, 6.45) is 6.63. The van der Waals surface area contributed by atoms with Crippen molar-refractivity contribution in [2.45, 2.75) is 32.6 Å². The fraction of sp³-hybridized carbons (Fsp3) is 0.556. The lowest BCUT2D eigenvalue weighted by Crippen LogP contribution is -2.22. The summed E-state index contributed by atoms with van der Waals surface area (Å²) in [4.78, 5) is 14.3. The van der Waals surface area contributed by atoms with Gasteiger partial charge in [0.25, 0.3) is 0 Å².